The van der Waals surface area contributed by atoms with Gasteiger partial charge < -0.3 is 10.1 Å². The van der Waals surface area contributed by atoms with Crippen molar-refractivity contribution in [3.63, 3.8) is 0 Å². The Bertz CT molecular complexity index is 585. The highest BCUT2D eigenvalue weighted by Crippen LogP contribution is 2.23. The van der Waals surface area contributed by atoms with E-state index in [9.17, 15) is 0 Å². The second-order valence-corrected chi connectivity index (χ2v) is 6.82. The highest BCUT2D eigenvalue weighted by Gasteiger charge is 2.07. The lowest BCUT2D eigenvalue weighted by Crippen LogP contribution is -2.26. The molecule has 0 saturated carbocycles. The van der Waals surface area contributed by atoms with Crippen LogP contribution in [0.5, 0.6) is 5.75 Å². The summed E-state index contributed by atoms with van der Waals surface area (Å²) in [4.78, 5) is 0. The van der Waals surface area contributed by atoms with E-state index >= 15 is 0 Å². The van der Waals surface area contributed by atoms with Crippen molar-refractivity contribution in [3.8, 4) is 5.75 Å². The predicted molar refractivity (Wildman–Crippen MR) is 101 cm³/mol. The van der Waals surface area contributed by atoms with Crippen molar-refractivity contribution in [2.24, 2.45) is 0 Å². The van der Waals surface area contributed by atoms with Gasteiger partial charge in [0.2, 0.25) is 0 Å². The van der Waals surface area contributed by atoms with Crippen molar-refractivity contribution >= 4 is 15.9 Å². The normalized spacial score (nSPS) is 12.1. The number of ether oxygens (including phenoxy) is 1. The molecular formula is C20H26BrNO. The average molecular weight is 376 g/mol. The number of nitrogens with one attached hydrogen (secondary N) is 1. The Labute approximate surface area is 148 Å². The molecule has 2 aromatic carbocycles. The number of aryl methyl sites for hydroxylation is 1. The first-order valence-electron chi connectivity index (χ1n) is 8.37. The Morgan fingerprint density at radius 3 is 2.65 bits per heavy atom. The lowest BCUT2D eigenvalue weighted by Gasteiger charge is -2.16. The van der Waals surface area contributed by atoms with Crippen LogP contribution < -0.4 is 10.1 Å². The number of hydrogen-bond acceptors (Lipinski definition) is 2. The van der Waals surface area contributed by atoms with E-state index in [1.807, 2.05) is 12.1 Å². The molecule has 2 nitrogen and oxygen atoms in total. The number of halogens is 1. The van der Waals surface area contributed by atoms with Crippen LogP contribution >= 0.6 is 15.9 Å². The molecule has 3 heteroatoms. The minimum Gasteiger partial charge on any atom is -0.493 e. The van der Waals surface area contributed by atoms with Gasteiger partial charge in [-0.1, -0.05) is 53.2 Å². The Morgan fingerprint density at radius 2 is 1.91 bits per heavy atom. The van der Waals surface area contributed by atoms with E-state index in [0.29, 0.717) is 6.04 Å². The largest absolute Gasteiger partial charge is 0.493 e. The maximum atomic E-state index is 5.84. The van der Waals surface area contributed by atoms with Crippen molar-refractivity contribution in [1.82, 2.24) is 5.32 Å². The Balaban J connectivity index is 1.85. The van der Waals surface area contributed by atoms with Gasteiger partial charge in [0, 0.05) is 22.6 Å². The van der Waals surface area contributed by atoms with Crippen LogP contribution in [0, 0.1) is 0 Å². The van der Waals surface area contributed by atoms with Gasteiger partial charge in [-0.3, -0.25) is 0 Å². The summed E-state index contributed by atoms with van der Waals surface area (Å²) in [6, 6.07) is 17.3. The molecule has 0 saturated heterocycles. The molecule has 0 aromatic heterocycles. The molecule has 124 valence electrons. The molecular weight excluding hydrogens is 350 g/mol. The zero-order chi connectivity index (χ0) is 16.5. The van der Waals surface area contributed by atoms with Gasteiger partial charge in [-0.2, -0.15) is 0 Å². The molecule has 2 aromatic rings. The van der Waals surface area contributed by atoms with Crippen LogP contribution in [0.25, 0.3) is 0 Å². The second-order valence-electron chi connectivity index (χ2n) is 5.91. The van der Waals surface area contributed by atoms with E-state index in [1.165, 1.54) is 11.1 Å². The molecule has 0 bridgehead atoms. The monoisotopic (exact) mass is 375 g/mol. The first-order valence-corrected chi connectivity index (χ1v) is 9.17. The smallest absolute Gasteiger partial charge is 0.123 e. The number of benzene rings is 2. The maximum absolute atomic E-state index is 5.84. The van der Waals surface area contributed by atoms with Gasteiger partial charge in [-0.25, -0.2) is 0 Å². The lowest BCUT2D eigenvalue weighted by atomic mass is 10.1. The number of rotatable bonds is 9. The van der Waals surface area contributed by atoms with Gasteiger partial charge in [-0.15, -0.1) is 0 Å². The minimum absolute atomic E-state index is 0.466. The first-order chi connectivity index (χ1) is 11.2. The van der Waals surface area contributed by atoms with E-state index in [2.05, 4.69) is 71.5 Å². The van der Waals surface area contributed by atoms with Crippen molar-refractivity contribution in [3.05, 3.63) is 64.1 Å². The van der Waals surface area contributed by atoms with Crippen molar-refractivity contribution in [2.75, 3.05) is 6.61 Å². The second kappa shape index (κ2) is 9.74. The van der Waals surface area contributed by atoms with Crippen LogP contribution in [0.3, 0.4) is 0 Å². The van der Waals surface area contributed by atoms with E-state index in [1.54, 1.807) is 0 Å². The average Bonchev–Trinajstić information content (AvgIpc) is 2.58. The molecule has 0 amide bonds. The molecule has 1 atom stereocenters. The fourth-order valence-electron chi connectivity index (χ4n) is 2.45. The lowest BCUT2D eigenvalue weighted by molar-refractivity contribution is 0.312. The molecule has 0 aliphatic carbocycles. The van der Waals surface area contributed by atoms with Gasteiger partial charge in [-0.05, 0) is 49.9 Å². The summed E-state index contributed by atoms with van der Waals surface area (Å²) >= 11 is 3.55. The van der Waals surface area contributed by atoms with E-state index in [0.717, 1.165) is 42.6 Å². The fraction of sp³-hybridized carbons (Fsp3) is 0.400. The third-order valence-corrected chi connectivity index (χ3v) is 4.33. The maximum Gasteiger partial charge on any atom is 0.123 e. The summed E-state index contributed by atoms with van der Waals surface area (Å²) < 4.78 is 6.93. The SMILES string of the molecule is CCCOc1ccc(Br)cc1CN[C@@H](C)CCc1ccccc1. The highest BCUT2D eigenvalue weighted by atomic mass is 79.9. The molecule has 23 heavy (non-hydrogen) atoms. The van der Waals surface area contributed by atoms with Gasteiger partial charge in [0.25, 0.3) is 0 Å². The molecule has 0 heterocycles. The van der Waals surface area contributed by atoms with Crippen LogP contribution in [0.15, 0.2) is 53.0 Å². The molecule has 0 aliphatic heterocycles. The van der Waals surface area contributed by atoms with Gasteiger partial charge in [0.15, 0.2) is 0 Å². The van der Waals surface area contributed by atoms with Crippen molar-refractivity contribution < 1.29 is 4.74 Å². The van der Waals surface area contributed by atoms with E-state index in [4.69, 9.17) is 4.74 Å². The Morgan fingerprint density at radius 1 is 1.13 bits per heavy atom. The third kappa shape index (κ3) is 6.36. The molecule has 0 fully saturated rings. The van der Waals surface area contributed by atoms with Gasteiger partial charge >= 0.3 is 0 Å². The van der Waals surface area contributed by atoms with Gasteiger partial charge in [0.05, 0.1) is 6.61 Å². The summed E-state index contributed by atoms with van der Waals surface area (Å²) in [6.45, 7) is 5.96. The zero-order valence-electron chi connectivity index (χ0n) is 14.0. The quantitative estimate of drug-likeness (QED) is 0.637. The van der Waals surface area contributed by atoms with Crippen LogP contribution in [0.1, 0.15) is 37.8 Å². The summed E-state index contributed by atoms with van der Waals surface area (Å²) in [5.74, 6) is 0.984. The Kier molecular flexibility index (Phi) is 7.63. The molecule has 0 unspecified atom stereocenters. The van der Waals surface area contributed by atoms with Crippen LogP contribution in [-0.2, 0) is 13.0 Å². The standard InChI is InChI=1S/C20H26BrNO/c1-3-13-23-20-12-11-19(21)14-18(20)15-22-16(2)9-10-17-7-5-4-6-8-17/h4-8,11-12,14,16,22H,3,9-10,13,15H2,1-2H3/t16-/m0/s1. The molecule has 0 radical (unpaired) electrons. The Hall–Kier alpha value is -1.32. The van der Waals surface area contributed by atoms with Crippen LogP contribution in [0.2, 0.25) is 0 Å². The third-order valence-electron chi connectivity index (χ3n) is 3.83. The molecule has 1 N–H and O–H groups in total. The summed E-state index contributed by atoms with van der Waals surface area (Å²) in [7, 11) is 0. The number of hydrogen-bond donors (Lipinski definition) is 1. The summed E-state index contributed by atoms with van der Waals surface area (Å²) in [6.07, 6.45) is 3.26. The van der Waals surface area contributed by atoms with Crippen molar-refractivity contribution in [1.29, 1.82) is 0 Å². The molecule has 0 aliphatic rings. The molecule has 2 rings (SSSR count). The van der Waals surface area contributed by atoms with Crippen molar-refractivity contribution in [2.45, 2.75) is 45.7 Å². The summed E-state index contributed by atoms with van der Waals surface area (Å²) in [5, 5.41) is 3.61. The molecule has 0 spiro atoms. The van der Waals surface area contributed by atoms with E-state index in [-0.39, 0.29) is 0 Å². The van der Waals surface area contributed by atoms with Crippen LogP contribution in [-0.4, -0.2) is 12.6 Å². The zero-order valence-corrected chi connectivity index (χ0v) is 15.6. The first kappa shape index (κ1) is 18.0. The predicted octanol–water partition coefficient (Wildman–Crippen LogP) is 5.35. The highest BCUT2D eigenvalue weighted by molar-refractivity contribution is 9.10. The van der Waals surface area contributed by atoms with E-state index < -0.39 is 0 Å². The fourth-order valence-corrected chi connectivity index (χ4v) is 2.86. The summed E-state index contributed by atoms with van der Waals surface area (Å²) in [5.41, 5.74) is 2.61. The van der Waals surface area contributed by atoms with Crippen LogP contribution in [0.4, 0.5) is 0 Å². The minimum atomic E-state index is 0.466. The topological polar surface area (TPSA) is 21.3 Å². The van der Waals surface area contributed by atoms with Gasteiger partial charge in [0.1, 0.15) is 5.75 Å².